The van der Waals surface area contributed by atoms with Gasteiger partial charge in [-0.05, 0) is 24.3 Å². The summed E-state index contributed by atoms with van der Waals surface area (Å²) in [6.45, 7) is 0.424. The van der Waals surface area contributed by atoms with Crippen molar-refractivity contribution in [3.63, 3.8) is 0 Å². The lowest BCUT2D eigenvalue weighted by Crippen LogP contribution is -2.36. The van der Waals surface area contributed by atoms with Gasteiger partial charge >= 0.3 is 0 Å². The Hall–Kier alpha value is -2.73. The number of nitrogens with one attached hydrogen (secondary N) is 2. The second-order valence-electron chi connectivity index (χ2n) is 5.03. The molecule has 7 heteroatoms. The van der Waals surface area contributed by atoms with Gasteiger partial charge in [0.2, 0.25) is 0 Å². The molecule has 2 aromatic rings. The lowest BCUT2D eigenvalue weighted by Gasteiger charge is -2.11. The van der Waals surface area contributed by atoms with E-state index >= 15 is 0 Å². The summed E-state index contributed by atoms with van der Waals surface area (Å²) in [7, 11) is 1.53. The van der Waals surface area contributed by atoms with Gasteiger partial charge in [0.15, 0.2) is 18.1 Å². The molecule has 0 radical (unpaired) electrons. The van der Waals surface area contributed by atoms with Crippen molar-refractivity contribution in [1.29, 1.82) is 0 Å². The van der Waals surface area contributed by atoms with Crippen molar-refractivity contribution in [2.24, 2.45) is 0 Å². The highest BCUT2D eigenvalue weighted by Gasteiger charge is 2.09. The Balaban J connectivity index is 1.69. The average Bonchev–Trinajstić information content (AvgIpc) is 2.64. The predicted octanol–water partition coefficient (Wildman–Crippen LogP) is 2.27. The number of halogens is 1. The standard InChI is InChI=1S/C18H19ClN2O4/c1-24-15-8-4-5-9-16(15)25-12-17(22)20-10-11-21-18(23)13-6-2-3-7-14(13)19/h2-9H,10-12H2,1H3,(H,20,22)(H,21,23). The minimum atomic E-state index is -0.294. The quantitative estimate of drug-likeness (QED) is 0.706. The third-order valence-corrected chi connectivity index (χ3v) is 3.61. The molecule has 0 aliphatic heterocycles. The van der Waals surface area contributed by atoms with Gasteiger partial charge in [-0.1, -0.05) is 35.9 Å². The molecule has 0 saturated heterocycles. The lowest BCUT2D eigenvalue weighted by molar-refractivity contribution is -0.123. The average molecular weight is 363 g/mol. The summed E-state index contributed by atoms with van der Waals surface area (Å²) in [5.74, 6) is 0.470. The second kappa shape index (κ2) is 9.54. The summed E-state index contributed by atoms with van der Waals surface area (Å²) in [5.41, 5.74) is 0.398. The fourth-order valence-electron chi connectivity index (χ4n) is 2.05. The summed E-state index contributed by atoms with van der Waals surface area (Å²) in [4.78, 5) is 23.7. The van der Waals surface area contributed by atoms with Crippen LogP contribution >= 0.6 is 11.6 Å². The molecule has 25 heavy (non-hydrogen) atoms. The minimum absolute atomic E-state index is 0.140. The van der Waals surface area contributed by atoms with Crippen LogP contribution in [-0.2, 0) is 4.79 Å². The van der Waals surface area contributed by atoms with Crippen LogP contribution in [0.1, 0.15) is 10.4 Å². The summed E-state index contributed by atoms with van der Waals surface area (Å²) < 4.78 is 10.6. The van der Waals surface area contributed by atoms with Gasteiger partial charge in [-0.15, -0.1) is 0 Å². The van der Waals surface area contributed by atoms with Gasteiger partial charge in [-0.3, -0.25) is 9.59 Å². The lowest BCUT2D eigenvalue weighted by atomic mass is 10.2. The molecule has 132 valence electrons. The molecule has 0 aromatic heterocycles. The number of benzene rings is 2. The first-order valence-corrected chi connectivity index (χ1v) is 8.05. The van der Waals surface area contributed by atoms with Gasteiger partial charge in [0.05, 0.1) is 17.7 Å². The van der Waals surface area contributed by atoms with Gasteiger partial charge in [0.25, 0.3) is 11.8 Å². The highest BCUT2D eigenvalue weighted by atomic mass is 35.5. The Morgan fingerprint density at radius 2 is 1.60 bits per heavy atom. The van der Waals surface area contributed by atoms with Gasteiger partial charge in [-0.2, -0.15) is 0 Å². The van der Waals surface area contributed by atoms with Crippen LogP contribution in [0.15, 0.2) is 48.5 Å². The van der Waals surface area contributed by atoms with Crippen molar-refractivity contribution >= 4 is 23.4 Å². The first kappa shape index (κ1) is 18.6. The zero-order valence-electron chi connectivity index (χ0n) is 13.8. The van der Waals surface area contributed by atoms with E-state index in [1.807, 2.05) is 6.07 Å². The molecule has 2 N–H and O–H groups in total. The Kier molecular flexibility index (Phi) is 7.10. The van der Waals surface area contributed by atoms with E-state index in [4.69, 9.17) is 21.1 Å². The van der Waals surface area contributed by atoms with E-state index in [0.29, 0.717) is 22.1 Å². The van der Waals surface area contributed by atoms with Crippen molar-refractivity contribution in [2.45, 2.75) is 0 Å². The van der Waals surface area contributed by atoms with Gasteiger partial charge in [0, 0.05) is 13.1 Å². The van der Waals surface area contributed by atoms with E-state index in [9.17, 15) is 9.59 Å². The maximum Gasteiger partial charge on any atom is 0.258 e. The molecule has 0 spiro atoms. The van der Waals surface area contributed by atoms with Crippen molar-refractivity contribution < 1.29 is 19.1 Å². The fourth-order valence-corrected chi connectivity index (χ4v) is 2.27. The SMILES string of the molecule is COc1ccccc1OCC(=O)NCCNC(=O)c1ccccc1Cl. The third-order valence-electron chi connectivity index (χ3n) is 3.28. The summed E-state index contributed by atoms with van der Waals surface area (Å²) in [5, 5.41) is 5.73. The van der Waals surface area contributed by atoms with Crippen molar-refractivity contribution in [2.75, 3.05) is 26.8 Å². The predicted molar refractivity (Wildman–Crippen MR) is 95.3 cm³/mol. The normalized spacial score (nSPS) is 10.0. The van der Waals surface area contributed by atoms with Crippen LogP contribution in [0.25, 0.3) is 0 Å². The van der Waals surface area contributed by atoms with E-state index in [2.05, 4.69) is 10.6 Å². The van der Waals surface area contributed by atoms with Crippen molar-refractivity contribution in [3.8, 4) is 11.5 Å². The number of rotatable bonds is 8. The van der Waals surface area contributed by atoms with Crippen LogP contribution in [0.2, 0.25) is 5.02 Å². The van der Waals surface area contributed by atoms with Crippen LogP contribution in [0.3, 0.4) is 0 Å². The molecular formula is C18H19ClN2O4. The van der Waals surface area contributed by atoms with E-state index < -0.39 is 0 Å². The van der Waals surface area contributed by atoms with Gasteiger partial charge in [-0.25, -0.2) is 0 Å². The molecule has 0 atom stereocenters. The maximum atomic E-state index is 11.9. The molecule has 0 bridgehead atoms. The number of ether oxygens (including phenoxy) is 2. The zero-order valence-corrected chi connectivity index (χ0v) is 14.5. The third kappa shape index (κ3) is 5.69. The molecule has 0 fully saturated rings. The molecule has 2 aromatic carbocycles. The van der Waals surface area contributed by atoms with E-state index in [1.54, 1.807) is 42.5 Å². The first-order chi connectivity index (χ1) is 12.1. The molecule has 0 aliphatic rings. The second-order valence-corrected chi connectivity index (χ2v) is 5.43. The van der Waals surface area contributed by atoms with Crippen LogP contribution in [0.5, 0.6) is 11.5 Å². The molecule has 6 nitrogen and oxygen atoms in total. The van der Waals surface area contributed by atoms with Crippen LogP contribution in [0, 0.1) is 0 Å². The van der Waals surface area contributed by atoms with Crippen molar-refractivity contribution in [3.05, 3.63) is 59.1 Å². The molecule has 0 saturated carbocycles. The highest BCUT2D eigenvalue weighted by molar-refractivity contribution is 6.33. The van der Waals surface area contributed by atoms with E-state index in [0.717, 1.165) is 0 Å². The van der Waals surface area contributed by atoms with E-state index in [1.165, 1.54) is 7.11 Å². The summed E-state index contributed by atoms with van der Waals surface area (Å²) in [6, 6.07) is 13.8. The smallest absolute Gasteiger partial charge is 0.258 e. The Morgan fingerprint density at radius 1 is 0.960 bits per heavy atom. The van der Waals surface area contributed by atoms with Crippen LogP contribution < -0.4 is 20.1 Å². The Labute approximate surface area is 151 Å². The largest absolute Gasteiger partial charge is 0.493 e. The maximum absolute atomic E-state index is 11.9. The number of hydrogen-bond acceptors (Lipinski definition) is 4. The van der Waals surface area contributed by atoms with Crippen LogP contribution in [-0.4, -0.2) is 38.6 Å². The molecule has 0 unspecified atom stereocenters. The molecule has 2 rings (SSSR count). The topological polar surface area (TPSA) is 76.7 Å². The van der Waals surface area contributed by atoms with Gasteiger partial charge < -0.3 is 20.1 Å². The minimum Gasteiger partial charge on any atom is -0.493 e. The first-order valence-electron chi connectivity index (χ1n) is 7.67. The number of methoxy groups -OCH3 is 1. The molecule has 0 heterocycles. The number of carbonyl (C=O) groups is 2. The molecular weight excluding hydrogens is 344 g/mol. The summed E-state index contributed by atoms with van der Waals surface area (Å²) >= 11 is 5.95. The molecule has 2 amide bonds. The van der Waals surface area contributed by atoms with Crippen LogP contribution in [0.4, 0.5) is 0 Å². The number of hydrogen-bond donors (Lipinski definition) is 2. The number of para-hydroxylation sites is 2. The fraction of sp³-hybridized carbons (Fsp3) is 0.222. The summed E-state index contributed by atoms with van der Waals surface area (Å²) in [6.07, 6.45) is 0. The molecule has 0 aliphatic carbocycles. The Bertz CT molecular complexity index is 737. The highest BCUT2D eigenvalue weighted by Crippen LogP contribution is 2.25. The number of carbonyl (C=O) groups excluding carboxylic acids is 2. The number of amides is 2. The zero-order chi connectivity index (χ0) is 18.1. The van der Waals surface area contributed by atoms with E-state index in [-0.39, 0.29) is 31.5 Å². The van der Waals surface area contributed by atoms with Crippen molar-refractivity contribution in [1.82, 2.24) is 10.6 Å². The van der Waals surface area contributed by atoms with Gasteiger partial charge in [0.1, 0.15) is 0 Å². The Morgan fingerprint density at radius 3 is 2.32 bits per heavy atom. The monoisotopic (exact) mass is 362 g/mol.